The molecule has 0 unspecified atom stereocenters. The molecule has 0 atom stereocenters. The van der Waals surface area contributed by atoms with Crippen LogP contribution < -0.4 is 10.1 Å². The van der Waals surface area contributed by atoms with Crippen molar-refractivity contribution in [1.82, 2.24) is 4.98 Å². The summed E-state index contributed by atoms with van der Waals surface area (Å²) in [5.41, 5.74) is 2.04. The molecule has 1 N–H and O–H groups in total. The molecule has 3 aromatic rings. The highest BCUT2D eigenvalue weighted by atomic mass is 32.1. The molecule has 0 aliphatic heterocycles. The van der Waals surface area contributed by atoms with Gasteiger partial charge in [-0.05, 0) is 41.5 Å². The van der Waals surface area contributed by atoms with E-state index in [0.29, 0.717) is 28.6 Å². The smallest absolute Gasteiger partial charge is 0.337 e. The number of nitriles is 1. The molecule has 0 saturated heterocycles. The van der Waals surface area contributed by atoms with Gasteiger partial charge in [0.25, 0.3) is 5.91 Å². The van der Waals surface area contributed by atoms with E-state index < -0.39 is 5.91 Å². The van der Waals surface area contributed by atoms with Gasteiger partial charge in [-0.3, -0.25) is 10.1 Å². The maximum absolute atomic E-state index is 12.2. The molecule has 1 aromatic heterocycles. The molecule has 0 aliphatic rings. The van der Waals surface area contributed by atoms with Crippen LogP contribution in [0.15, 0.2) is 65.7 Å². The van der Waals surface area contributed by atoms with E-state index in [4.69, 9.17) is 4.74 Å². The summed E-state index contributed by atoms with van der Waals surface area (Å²) in [4.78, 5) is 27.6. The van der Waals surface area contributed by atoms with Gasteiger partial charge in [-0.25, -0.2) is 9.78 Å². The highest BCUT2D eigenvalue weighted by Crippen LogP contribution is 2.18. The molecular weight excluding hydrogens is 402 g/mol. The number of hydrogen-bond donors (Lipinski definition) is 1. The zero-order valence-corrected chi connectivity index (χ0v) is 16.8. The summed E-state index contributed by atoms with van der Waals surface area (Å²) in [5.74, 6) is -0.263. The van der Waals surface area contributed by atoms with Gasteiger partial charge in [0.05, 0.1) is 12.7 Å². The summed E-state index contributed by atoms with van der Waals surface area (Å²) < 4.78 is 10.4. The number of nitrogens with zero attached hydrogens (tertiary/aromatic N) is 2. The average Bonchev–Trinajstić information content (AvgIpc) is 3.29. The Bertz CT molecular complexity index is 1080. The van der Waals surface area contributed by atoms with E-state index in [-0.39, 0.29) is 11.5 Å². The highest BCUT2D eigenvalue weighted by Gasteiger charge is 2.11. The molecule has 0 aliphatic carbocycles. The Kier molecular flexibility index (Phi) is 6.92. The topological polar surface area (TPSA) is 101 Å². The fourth-order valence-electron chi connectivity index (χ4n) is 2.45. The summed E-state index contributed by atoms with van der Waals surface area (Å²) in [7, 11) is 1.34. The third-order valence-electron chi connectivity index (χ3n) is 3.99. The summed E-state index contributed by atoms with van der Waals surface area (Å²) in [6.07, 6.45) is 3.07. The van der Waals surface area contributed by atoms with Crippen LogP contribution in [0, 0.1) is 11.3 Å². The maximum Gasteiger partial charge on any atom is 0.337 e. The van der Waals surface area contributed by atoms with Crippen molar-refractivity contribution >= 4 is 34.4 Å². The number of amides is 1. The van der Waals surface area contributed by atoms with E-state index in [1.165, 1.54) is 24.5 Å². The van der Waals surface area contributed by atoms with Gasteiger partial charge in [0.1, 0.15) is 24.0 Å². The Labute approximate surface area is 177 Å². The lowest BCUT2D eigenvalue weighted by molar-refractivity contribution is -0.112. The zero-order valence-electron chi connectivity index (χ0n) is 16.0. The molecule has 3 rings (SSSR count). The van der Waals surface area contributed by atoms with Crippen molar-refractivity contribution in [3.05, 3.63) is 82.4 Å². The Balaban J connectivity index is 1.60. The Morgan fingerprint density at radius 1 is 1.17 bits per heavy atom. The van der Waals surface area contributed by atoms with Crippen molar-refractivity contribution in [3.8, 4) is 11.8 Å². The van der Waals surface area contributed by atoms with Crippen LogP contribution in [0.5, 0.6) is 5.75 Å². The molecule has 0 spiro atoms. The molecule has 0 fully saturated rings. The van der Waals surface area contributed by atoms with Gasteiger partial charge in [-0.2, -0.15) is 5.26 Å². The van der Waals surface area contributed by atoms with Crippen molar-refractivity contribution in [2.45, 2.75) is 6.61 Å². The number of thiazole rings is 1. The molecule has 1 heterocycles. The van der Waals surface area contributed by atoms with Crippen LogP contribution >= 0.6 is 11.3 Å². The van der Waals surface area contributed by atoms with E-state index in [1.54, 1.807) is 60.1 Å². The molecular formula is C22H17N3O4S. The van der Waals surface area contributed by atoms with Gasteiger partial charge < -0.3 is 9.47 Å². The second-order valence-corrected chi connectivity index (χ2v) is 6.90. The van der Waals surface area contributed by atoms with E-state index in [1.807, 2.05) is 6.07 Å². The first-order chi connectivity index (χ1) is 14.6. The van der Waals surface area contributed by atoms with Crippen molar-refractivity contribution in [2.24, 2.45) is 0 Å². The summed E-state index contributed by atoms with van der Waals surface area (Å²) in [5, 5.41) is 14.0. The molecule has 8 heteroatoms. The van der Waals surface area contributed by atoms with Crippen LogP contribution in [0.25, 0.3) is 6.08 Å². The minimum absolute atomic E-state index is 0.0236. The van der Waals surface area contributed by atoms with Gasteiger partial charge in [-0.1, -0.05) is 24.3 Å². The number of aromatic nitrogens is 1. The third-order valence-corrected chi connectivity index (χ3v) is 4.68. The maximum atomic E-state index is 12.2. The number of esters is 1. The Morgan fingerprint density at radius 3 is 2.50 bits per heavy atom. The molecule has 150 valence electrons. The lowest BCUT2D eigenvalue weighted by Gasteiger charge is -2.07. The number of ether oxygens (including phenoxy) is 2. The minimum Gasteiger partial charge on any atom is -0.489 e. The number of anilines is 1. The monoisotopic (exact) mass is 419 g/mol. The van der Waals surface area contributed by atoms with E-state index in [0.717, 1.165) is 5.56 Å². The molecule has 0 radical (unpaired) electrons. The molecule has 7 nitrogen and oxygen atoms in total. The van der Waals surface area contributed by atoms with Crippen molar-refractivity contribution in [1.29, 1.82) is 5.26 Å². The van der Waals surface area contributed by atoms with Crippen molar-refractivity contribution < 1.29 is 19.1 Å². The first kappa shape index (κ1) is 20.8. The number of carbonyl (C=O) groups is 2. The zero-order chi connectivity index (χ0) is 21.3. The fraction of sp³-hybridized carbons (Fsp3) is 0.0909. The third kappa shape index (κ3) is 5.53. The second kappa shape index (κ2) is 10.0. The second-order valence-electron chi connectivity index (χ2n) is 6.01. The van der Waals surface area contributed by atoms with Crippen LogP contribution in [-0.4, -0.2) is 24.0 Å². The summed E-state index contributed by atoms with van der Waals surface area (Å²) in [6, 6.07) is 15.9. The van der Waals surface area contributed by atoms with Gasteiger partial charge in [0.15, 0.2) is 5.13 Å². The number of rotatable bonds is 7. The van der Waals surface area contributed by atoms with Crippen LogP contribution in [-0.2, 0) is 16.1 Å². The number of benzene rings is 2. The SMILES string of the molecule is COC(=O)c1ccc(COc2ccc(/C=C(\C#N)C(=O)Nc3nccs3)cc2)cc1. The molecule has 2 aromatic carbocycles. The largest absolute Gasteiger partial charge is 0.489 e. The number of nitrogens with one attached hydrogen (secondary N) is 1. The Morgan fingerprint density at radius 2 is 1.90 bits per heavy atom. The first-order valence-electron chi connectivity index (χ1n) is 8.82. The lowest BCUT2D eigenvalue weighted by Crippen LogP contribution is -2.13. The summed E-state index contributed by atoms with van der Waals surface area (Å²) in [6.45, 7) is 0.330. The van der Waals surface area contributed by atoms with Crippen LogP contribution in [0.4, 0.5) is 5.13 Å². The number of hydrogen-bond acceptors (Lipinski definition) is 7. The van der Waals surface area contributed by atoms with Crippen LogP contribution in [0.3, 0.4) is 0 Å². The normalized spacial score (nSPS) is 10.7. The lowest BCUT2D eigenvalue weighted by atomic mass is 10.1. The highest BCUT2D eigenvalue weighted by molar-refractivity contribution is 7.13. The van der Waals surface area contributed by atoms with E-state index in [9.17, 15) is 14.9 Å². The Hall–Kier alpha value is -3.96. The predicted octanol–water partition coefficient (Wildman–Crippen LogP) is 4.05. The minimum atomic E-state index is -0.511. The van der Waals surface area contributed by atoms with E-state index in [2.05, 4.69) is 15.0 Å². The quantitative estimate of drug-likeness (QED) is 0.352. The molecule has 1 amide bonds. The van der Waals surface area contributed by atoms with Crippen LogP contribution in [0.1, 0.15) is 21.5 Å². The first-order valence-corrected chi connectivity index (χ1v) is 9.70. The van der Waals surface area contributed by atoms with Gasteiger partial charge >= 0.3 is 5.97 Å². The molecule has 30 heavy (non-hydrogen) atoms. The predicted molar refractivity (Wildman–Crippen MR) is 113 cm³/mol. The van der Waals surface area contributed by atoms with E-state index >= 15 is 0 Å². The molecule has 0 saturated carbocycles. The number of methoxy groups -OCH3 is 1. The molecule has 0 bridgehead atoms. The van der Waals surface area contributed by atoms with Crippen LogP contribution in [0.2, 0.25) is 0 Å². The van der Waals surface area contributed by atoms with Crippen molar-refractivity contribution in [3.63, 3.8) is 0 Å². The fourth-order valence-corrected chi connectivity index (χ4v) is 2.97. The average molecular weight is 419 g/mol. The number of carbonyl (C=O) groups excluding carboxylic acids is 2. The van der Waals surface area contributed by atoms with Gasteiger partial charge in [0, 0.05) is 11.6 Å². The van der Waals surface area contributed by atoms with Gasteiger partial charge in [-0.15, -0.1) is 11.3 Å². The summed E-state index contributed by atoms with van der Waals surface area (Å²) >= 11 is 1.28. The van der Waals surface area contributed by atoms with Crippen molar-refractivity contribution in [2.75, 3.05) is 12.4 Å². The van der Waals surface area contributed by atoms with Gasteiger partial charge in [0.2, 0.25) is 0 Å². The standard InChI is InChI=1S/C22H17N3O4S/c1-28-21(27)17-6-2-16(3-7-17)14-29-19-8-4-15(5-9-19)12-18(13-23)20(26)25-22-24-10-11-30-22/h2-12H,14H2,1H3,(H,24,25,26)/b18-12+.